The van der Waals surface area contributed by atoms with Crippen LogP contribution in [-0.4, -0.2) is 58.0 Å². The fraction of sp³-hybridized carbons (Fsp3) is 0.400. The average molecular weight is 306 g/mol. The predicted molar refractivity (Wildman–Crippen MR) is 77.8 cm³/mol. The molecule has 0 fully saturated rings. The molecule has 118 valence electrons. The van der Waals surface area contributed by atoms with E-state index in [1.54, 1.807) is 24.4 Å². The second-order valence-corrected chi connectivity index (χ2v) is 5.06. The van der Waals surface area contributed by atoms with Gasteiger partial charge in [-0.1, -0.05) is 6.07 Å². The van der Waals surface area contributed by atoms with Crippen LogP contribution in [0.15, 0.2) is 35.7 Å². The first kappa shape index (κ1) is 16.1. The lowest BCUT2D eigenvalue weighted by Crippen LogP contribution is -2.86. The monoisotopic (exact) mass is 306 g/mol. The van der Waals surface area contributed by atoms with Gasteiger partial charge in [0.2, 0.25) is 0 Å². The Hall–Kier alpha value is -2.25. The van der Waals surface area contributed by atoms with E-state index in [4.69, 9.17) is 5.11 Å². The highest BCUT2D eigenvalue weighted by Crippen LogP contribution is 2.36. The van der Waals surface area contributed by atoms with Gasteiger partial charge in [-0.25, -0.2) is 0 Å². The van der Waals surface area contributed by atoms with E-state index < -0.39 is 17.7 Å². The molecule has 0 saturated heterocycles. The largest absolute Gasteiger partial charge is 0.503 e. The number of quaternary nitrogens is 1. The van der Waals surface area contributed by atoms with E-state index in [9.17, 15) is 14.7 Å². The molecule has 0 spiro atoms. The molecule has 22 heavy (non-hydrogen) atoms. The summed E-state index contributed by atoms with van der Waals surface area (Å²) in [5.41, 5.74) is 0.637. The molecule has 2 rings (SSSR count). The van der Waals surface area contributed by atoms with Gasteiger partial charge in [0.15, 0.2) is 11.5 Å². The Bertz CT molecular complexity index is 586. The van der Waals surface area contributed by atoms with E-state index in [2.05, 4.69) is 4.98 Å². The number of rotatable bonds is 7. The highest BCUT2D eigenvalue weighted by molar-refractivity contribution is 6.07. The Kier molecular flexibility index (Phi) is 5.24. The fourth-order valence-electron chi connectivity index (χ4n) is 2.55. The third-order valence-corrected chi connectivity index (χ3v) is 3.56. The molecule has 0 bridgehead atoms. The number of Topliss-reactive ketones (excluding diaryl/α,β-unsaturated/α-hetero) is 1. The van der Waals surface area contributed by atoms with Gasteiger partial charge in [-0.05, 0) is 19.1 Å². The van der Waals surface area contributed by atoms with E-state index in [1.165, 1.54) is 11.8 Å². The fourth-order valence-corrected chi connectivity index (χ4v) is 2.55. The van der Waals surface area contributed by atoms with E-state index in [-0.39, 0.29) is 18.0 Å². The molecular weight excluding hydrogens is 286 g/mol. The first-order valence-electron chi connectivity index (χ1n) is 7.16. The Labute approximate surface area is 128 Å². The zero-order chi connectivity index (χ0) is 16.1. The Morgan fingerprint density at radius 3 is 2.77 bits per heavy atom. The van der Waals surface area contributed by atoms with Gasteiger partial charge in [-0.15, -0.1) is 0 Å². The topological polar surface area (TPSA) is 107 Å². The maximum absolute atomic E-state index is 12.2. The Morgan fingerprint density at radius 2 is 2.18 bits per heavy atom. The minimum Gasteiger partial charge on any atom is -0.503 e. The van der Waals surface area contributed by atoms with Crippen molar-refractivity contribution in [1.29, 1.82) is 0 Å². The maximum atomic E-state index is 12.2. The number of hydrogen-bond donors (Lipinski definition) is 3. The van der Waals surface area contributed by atoms with Crippen LogP contribution < -0.4 is 5.32 Å². The predicted octanol–water partition coefficient (Wildman–Crippen LogP) is -1.08. The van der Waals surface area contributed by atoms with Crippen LogP contribution in [0.5, 0.6) is 0 Å². The molecule has 1 aliphatic rings. The summed E-state index contributed by atoms with van der Waals surface area (Å²) in [4.78, 5) is 29.7. The van der Waals surface area contributed by atoms with Crippen LogP contribution in [0.25, 0.3) is 0 Å². The zero-order valence-corrected chi connectivity index (χ0v) is 12.4. The van der Waals surface area contributed by atoms with Crippen molar-refractivity contribution in [2.75, 3.05) is 26.2 Å². The highest BCUT2D eigenvalue weighted by atomic mass is 16.3. The molecule has 0 aliphatic carbocycles. The molecule has 4 N–H and O–H groups in total. The average Bonchev–Trinajstić information content (AvgIpc) is 2.77. The first-order valence-corrected chi connectivity index (χ1v) is 7.16. The smallest absolute Gasteiger partial charge is 0.290 e. The number of nitrogens with two attached hydrogens (primary N) is 1. The number of aliphatic hydroxyl groups excluding tert-OH is 2. The molecule has 1 aromatic rings. The Morgan fingerprint density at radius 1 is 1.41 bits per heavy atom. The van der Waals surface area contributed by atoms with Gasteiger partial charge in [0.05, 0.1) is 37.5 Å². The number of amides is 1. The van der Waals surface area contributed by atoms with Crippen molar-refractivity contribution in [2.45, 2.75) is 13.0 Å². The molecular formula is C15H20N3O4+. The van der Waals surface area contributed by atoms with Crippen molar-refractivity contribution in [3.05, 3.63) is 41.4 Å². The van der Waals surface area contributed by atoms with Gasteiger partial charge >= 0.3 is 0 Å². The third kappa shape index (κ3) is 3.15. The number of carbonyl (C=O) groups excluding carboxylic acids is 2. The van der Waals surface area contributed by atoms with E-state index >= 15 is 0 Å². The van der Waals surface area contributed by atoms with Crippen LogP contribution in [0.2, 0.25) is 0 Å². The lowest BCUT2D eigenvalue weighted by molar-refractivity contribution is -0.655. The lowest BCUT2D eigenvalue weighted by atomic mass is 10.0. The van der Waals surface area contributed by atoms with Crippen LogP contribution in [-0.2, 0) is 9.59 Å². The number of nitrogens with zero attached hydrogens (tertiary/aromatic N) is 2. The summed E-state index contributed by atoms with van der Waals surface area (Å²) in [6.45, 7) is 2.83. The molecule has 0 unspecified atom stereocenters. The molecule has 1 atom stereocenters. The normalized spacial score (nSPS) is 18.2. The SMILES string of the molecule is CC(=O)C1=C(O)C(=O)N(CC[NH2+]CCO)[C@@H]1c1ccccn1. The van der Waals surface area contributed by atoms with Gasteiger partial charge in [0.1, 0.15) is 6.04 Å². The molecule has 7 nitrogen and oxygen atoms in total. The van der Waals surface area contributed by atoms with Crippen LogP contribution in [0.4, 0.5) is 0 Å². The molecule has 0 saturated carbocycles. The zero-order valence-electron chi connectivity index (χ0n) is 12.4. The quantitative estimate of drug-likeness (QED) is 0.556. The maximum Gasteiger partial charge on any atom is 0.290 e. The number of hydrogen-bond acceptors (Lipinski definition) is 5. The Balaban J connectivity index is 2.28. The van der Waals surface area contributed by atoms with E-state index in [0.29, 0.717) is 25.3 Å². The summed E-state index contributed by atoms with van der Waals surface area (Å²) in [5, 5.41) is 20.7. The second kappa shape index (κ2) is 7.15. The minimum atomic E-state index is -0.659. The van der Waals surface area contributed by atoms with Crippen LogP contribution in [0.3, 0.4) is 0 Å². The van der Waals surface area contributed by atoms with Crippen molar-refractivity contribution in [3.63, 3.8) is 0 Å². The van der Waals surface area contributed by atoms with Crippen molar-refractivity contribution in [2.24, 2.45) is 0 Å². The summed E-state index contributed by atoms with van der Waals surface area (Å²) in [7, 11) is 0. The number of aromatic nitrogens is 1. The van der Waals surface area contributed by atoms with Crippen LogP contribution in [0, 0.1) is 0 Å². The summed E-state index contributed by atoms with van der Waals surface area (Å²) in [6.07, 6.45) is 1.59. The molecule has 1 aliphatic heterocycles. The molecule has 1 aromatic heterocycles. The van der Waals surface area contributed by atoms with Gasteiger partial charge in [-0.2, -0.15) is 0 Å². The van der Waals surface area contributed by atoms with Crippen LogP contribution >= 0.6 is 0 Å². The summed E-state index contributed by atoms with van der Waals surface area (Å²) in [6, 6.07) is 4.59. The van der Waals surface area contributed by atoms with Gasteiger partial charge < -0.3 is 20.4 Å². The third-order valence-electron chi connectivity index (χ3n) is 3.56. The second-order valence-electron chi connectivity index (χ2n) is 5.06. The standard InChI is InChI=1S/C15H19N3O4/c1-10(20)12-13(11-4-2-3-5-17-11)18(15(22)14(12)21)8-6-16-7-9-19/h2-5,13,16,19,21H,6-9H2,1H3/p+1/t13-/m1/s1. The van der Waals surface area contributed by atoms with Crippen molar-refractivity contribution in [3.8, 4) is 0 Å². The number of ketones is 1. The highest BCUT2D eigenvalue weighted by Gasteiger charge is 2.42. The molecule has 0 aromatic carbocycles. The number of aliphatic hydroxyl groups is 2. The summed E-state index contributed by atoms with van der Waals surface area (Å²) in [5.74, 6) is -1.40. The van der Waals surface area contributed by atoms with Gasteiger partial charge in [0, 0.05) is 6.20 Å². The van der Waals surface area contributed by atoms with Crippen LogP contribution in [0.1, 0.15) is 18.7 Å². The molecule has 2 heterocycles. The van der Waals surface area contributed by atoms with Crippen molar-refractivity contribution < 1.29 is 25.1 Å². The minimum absolute atomic E-state index is 0.0554. The molecule has 1 amide bonds. The van der Waals surface area contributed by atoms with Gasteiger partial charge in [-0.3, -0.25) is 14.6 Å². The molecule has 0 radical (unpaired) electrons. The van der Waals surface area contributed by atoms with Crippen molar-refractivity contribution in [1.82, 2.24) is 9.88 Å². The first-order chi connectivity index (χ1) is 10.6. The lowest BCUT2D eigenvalue weighted by Gasteiger charge is -2.24. The summed E-state index contributed by atoms with van der Waals surface area (Å²) < 4.78 is 0. The van der Waals surface area contributed by atoms with Crippen molar-refractivity contribution >= 4 is 11.7 Å². The number of carbonyl (C=O) groups is 2. The molecule has 7 heteroatoms. The van der Waals surface area contributed by atoms with Gasteiger partial charge in [0.25, 0.3) is 5.91 Å². The van der Waals surface area contributed by atoms with E-state index in [0.717, 1.165) is 0 Å². The number of pyridine rings is 1. The van der Waals surface area contributed by atoms with E-state index in [1.807, 2.05) is 5.32 Å². The summed E-state index contributed by atoms with van der Waals surface area (Å²) >= 11 is 0.